The van der Waals surface area contributed by atoms with E-state index in [0.29, 0.717) is 18.0 Å². The second-order valence-corrected chi connectivity index (χ2v) is 3.07. The lowest BCUT2D eigenvalue weighted by molar-refractivity contribution is 0.275. The summed E-state index contributed by atoms with van der Waals surface area (Å²) < 4.78 is 9.65. The van der Waals surface area contributed by atoms with Gasteiger partial charge in [0.15, 0.2) is 12.8 Å². The summed E-state index contributed by atoms with van der Waals surface area (Å²) in [6, 6.07) is 0. The molecule has 2 aromatic rings. The van der Waals surface area contributed by atoms with Gasteiger partial charge in [-0.1, -0.05) is 14.9 Å². The molecular weight excluding hydrogens is 234 g/mol. The number of aliphatic hydroxyl groups excluding tert-OH is 1. The Balaban J connectivity index is 0. The van der Waals surface area contributed by atoms with Gasteiger partial charge in [0.25, 0.3) is 0 Å². The van der Waals surface area contributed by atoms with E-state index in [1.807, 2.05) is 6.92 Å². The average Bonchev–Trinajstić information content (AvgIpc) is 2.87. The lowest BCUT2D eigenvalue weighted by atomic mass is 10.4. The molecule has 2 rings (SSSR count). The highest BCUT2D eigenvalue weighted by atomic mass is 16.3. The van der Waals surface area contributed by atoms with Gasteiger partial charge in [0.2, 0.25) is 0 Å². The van der Waals surface area contributed by atoms with Crippen LogP contribution in [0.4, 0.5) is 0 Å². The SMILES string of the molecule is C.C.Cc1ocnc1CN.Cc1ocnc1CO. The lowest BCUT2D eigenvalue weighted by Gasteiger charge is -1.84. The minimum atomic E-state index is -0.0394. The number of aliphatic hydroxyl groups is 1. The van der Waals surface area contributed by atoms with Crippen molar-refractivity contribution in [1.29, 1.82) is 0 Å². The van der Waals surface area contributed by atoms with Gasteiger partial charge in [-0.2, -0.15) is 0 Å². The Morgan fingerprint density at radius 3 is 1.67 bits per heavy atom. The van der Waals surface area contributed by atoms with E-state index in [9.17, 15) is 0 Å². The average molecular weight is 257 g/mol. The molecule has 0 fully saturated rings. The maximum Gasteiger partial charge on any atom is 0.181 e. The van der Waals surface area contributed by atoms with Crippen LogP contribution in [-0.2, 0) is 13.2 Å². The van der Waals surface area contributed by atoms with Crippen LogP contribution in [0.2, 0.25) is 0 Å². The van der Waals surface area contributed by atoms with E-state index in [1.165, 1.54) is 12.8 Å². The van der Waals surface area contributed by atoms with Crippen LogP contribution < -0.4 is 5.73 Å². The zero-order chi connectivity index (χ0) is 12.0. The second kappa shape index (κ2) is 9.38. The highest BCUT2D eigenvalue weighted by molar-refractivity contribution is 5.03. The first-order valence-corrected chi connectivity index (χ1v) is 4.77. The molecule has 0 atom stereocenters. The van der Waals surface area contributed by atoms with Crippen molar-refractivity contribution in [2.45, 2.75) is 41.9 Å². The summed E-state index contributed by atoms with van der Waals surface area (Å²) in [5, 5.41) is 8.48. The molecule has 0 radical (unpaired) electrons. The van der Waals surface area contributed by atoms with Crippen LogP contribution >= 0.6 is 0 Å². The summed E-state index contributed by atoms with van der Waals surface area (Å²) in [5.74, 6) is 1.50. The molecule has 0 aliphatic rings. The van der Waals surface area contributed by atoms with Crippen molar-refractivity contribution in [3.05, 3.63) is 35.7 Å². The van der Waals surface area contributed by atoms with Crippen LogP contribution in [0.1, 0.15) is 37.8 Å². The standard InChI is InChI=1S/C5H8N2O.C5H7NO2.2CH4/c1-4-5(2-6)7-3-8-4;1-4-5(2-7)6-3-8-4;;/h3H,2,6H2,1H3;3,7H,2H2,1H3;2*1H4. The van der Waals surface area contributed by atoms with Crippen molar-refractivity contribution in [1.82, 2.24) is 9.97 Å². The molecule has 0 saturated carbocycles. The zero-order valence-corrected chi connectivity index (χ0v) is 9.30. The number of nitrogens with zero attached hydrogens (tertiary/aromatic N) is 2. The molecule has 0 bridgehead atoms. The Morgan fingerprint density at radius 2 is 1.50 bits per heavy atom. The summed E-state index contributed by atoms with van der Waals surface area (Å²) in [6.07, 6.45) is 2.72. The number of aromatic nitrogens is 2. The van der Waals surface area contributed by atoms with Gasteiger partial charge in [0.1, 0.15) is 17.2 Å². The molecule has 0 aliphatic carbocycles. The number of aryl methyl sites for hydroxylation is 2. The molecule has 6 nitrogen and oxygen atoms in total. The van der Waals surface area contributed by atoms with E-state index in [0.717, 1.165) is 11.5 Å². The molecule has 104 valence electrons. The lowest BCUT2D eigenvalue weighted by Crippen LogP contribution is -1.97. The van der Waals surface area contributed by atoms with Gasteiger partial charge >= 0.3 is 0 Å². The first-order valence-electron chi connectivity index (χ1n) is 4.77. The molecule has 18 heavy (non-hydrogen) atoms. The molecular formula is C12H23N3O3. The first-order chi connectivity index (χ1) is 7.69. The van der Waals surface area contributed by atoms with E-state index in [-0.39, 0.29) is 21.5 Å². The van der Waals surface area contributed by atoms with Crippen LogP contribution in [0.25, 0.3) is 0 Å². The minimum absolute atomic E-state index is 0. The fourth-order valence-electron chi connectivity index (χ4n) is 1.00. The van der Waals surface area contributed by atoms with Gasteiger partial charge < -0.3 is 19.7 Å². The Kier molecular flexibility index (Phi) is 9.74. The third-order valence-corrected chi connectivity index (χ3v) is 2.03. The van der Waals surface area contributed by atoms with E-state index in [1.54, 1.807) is 6.92 Å². The van der Waals surface area contributed by atoms with E-state index < -0.39 is 0 Å². The van der Waals surface area contributed by atoms with Crippen molar-refractivity contribution in [2.75, 3.05) is 0 Å². The summed E-state index contributed by atoms with van der Waals surface area (Å²) in [7, 11) is 0. The number of nitrogens with two attached hydrogens (primary N) is 1. The van der Waals surface area contributed by atoms with Crippen molar-refractivity contribution in [2.24, 2.45) is 5.73 Å². The van der Waals surface area contributed by atoms with Crippen molar-refractivity contribution >= 4 is 0 Å². The maximum atomic E-state index is 8.48. The molecule has 6 heteroatoms. The minimum Gasteiger partial charge on any atom is -0.448 e. The Hall–Kier alpha value is -1.66. The van der Waals surface area contributed by atoms with Gasteiger partial charge in [0, 0.05) is 6.54 Å². The first kappa shape index (κ1) is 18.7. The van der Waals surface area contributed by atoms with Gasteiger partial charge in [-0.05, 0) is 13.8 Å². The normalized spacial score (nSPS) is 8.67. The maximum absolute atomic E-state index is 8.48. The highest BCUT2D eigenvalue weighted by Gasteiger charge is 1.97. The summed E-state index contributed by atoms with van der Waals surface area (Å²) in [5.41, 5.74) is 6.73. The fraction of sp³-hybridized carbons (Fsp3) is 0.500. The predicted octanol–water partition coefficient (Wildman–Crippen LogP) is 2.19. The van der Waals surface area contributed by atoms with Gasteiger partial charge in [-0.15, -0.1) is 0 Å². The molecule has 3 N–H and O–H groups in total. The smallest absolute Gasteiger partial charge is 0.181 e. The summed E-state index contributed by atoms with van der Waals surface area (Å²) in [6.45, 7) is 4.03. The fourth-order valence-corrected chi connectivity index (χ4v) is 1.00. The van der Waals surface area contributed by atoms with Gasteiger partial charge in [-0.3, -0.25) is 0 Å². The number of oxazole rings is 2. The van der Waals surface area contributed by atoms with Gasteiger partial charge in [-0.25, -0.2) is 9.97 Å². The van der Waals surface area contributed by atoms with Gasteiger partial charge in [0.05, 0.1) is 12.3 Å². The molecule has 0 aromatic carbocycles. The Morgan fingerprint density at radius 1 is 1.06 bits per heavy atom. The summed E-state index contributed by atoms with van der Waals surface area (Å²) >= 11 is 0. The second-order valence-electron chi connectivity index (χ2n) is 3.07. The van der Waals surface area contributed by atoms with E-state index in [4.69, 9.17) is 19.7 Å². The number of hydrogen-bond acceptors (Lipinski definition) is 6. The molecule has 2 aromatic heterocycles. The van der Waals surface area contributed by atoms with E-state index in [2.05, 4.69) is 9.97 Å². The largest absolute Gasteiger partial charge is 0.448 e. The molecule has 0 spiro atoms. The number of rotatable bonds is 2. The van der Waals surface area contributed by atoms with Crippen molar-refractivity contribution < 1.29 is 13.9 Å². The molecule has 0 saturated heterocycles. The molecule has 2 heterocycles. The van der Waals surface area contributed by atoms with Crippen LogP contribution in [0, 0.1) is 13.8 Å². The number of hydrogen-bond donors (Lipinski definition) is 2. The third kappa shape index (κ3) is 5.11. The zero-order valence-electron chi connectivity index (χ0n) is 9.30. The van der Waals surface area contributed by atoms with Crippen LogP contribution in [0.15, 0.2) is 21.6 Å². The topological polar surface area (TPSA) is 98.3 Å². The van der Waals surface area contributed by atoms with Crippen LogP contribution in [-0.4, -0.2) is 15.1 Å². The van der Waals surface area contributed by atoms with Crippen molar-refractivity contribution in [3.8, 4) is 0 Å². The molecule has 0 aliphatic heterocycles. The third-order valence-electron chi connectivity index (χ3n) is 2.03. The molecule has 0 amide bonds. The Labute approximate surface area is 108 Å². The monoisotopic (exact) mass is 257 g/mol. The van der Waals surface area contributed by atoms with Crippen LogP contribution in [0.5, 0.6) is 0 Å². The predicted molar refractivity (Wildman–Crippen MR) is 69.8 cm³/mol. The Bertz CT molecular complexity index is 383. The quantitative estimate of drug-likeness (QED) is 0.855. The molecule has 0 unspecified atom stereocenters. The van der Waals surface area contributed by atoms with E-state index >= 15 is 0 Å². The van der Waals surface area contributed by atoms with Crippen molar-refractivity contribution in [3.63, 3.8) is 0 Å². The summed E-state index contributed by atoms with van der Waals surface area (Å²) in [4.78, 5) is 7.56. The van der Waals surface area contributed by atoms with Crippen LogP contribution in [0.3, 0.4) is 0 Å². The highest BCUT2D eigenvalue weighted by Crippen LogP contribution is 2.02.